The van der Waals surface area contributed by atoms with E-state index in [4.69, 9.17) is 9.47 Å². The minimum absolute atomic E-state index is 0.312. The molecule has 3 nitrogen and oxygen atoms in total. The third-order valence-corrected chi connectivity index (χ3v) is 2.45. The van der Waals surface area contributed by atoms with Gasteiger partial charge in [0.25, 0.3) is 0 Å². The van der Waals surface area contributed by atoms with Crippen LogP contribution in [0.4, 0.5) is 0 Å². The van der Waals surface area contributed by atoms with Gasteiger partial charge in [-0.1, -0.05) is 22.0 Å². The summed E-state index contributed by atoms with van der Waals surface area (Å²) in [5.74, 6) is 0.389. The van der Waals surface area contributed by atoms with Crippen LogP contribution in [0, 0.1) is 0 Å². The van der Waals surface area contributed by atoms with Crippen LogP contribution >= 0.6 is 15.9 Å². The Morgan fingerprint density at radius 2 is 2.25 bits per heavy atom. The molecule has 0 saturated heterocycles. The van der Waals surface area contributed by atoms with E-state index in [1.165, 1.54) is 0 Å². The molecule has 1 rings (SSSR count). The van der Waals surface area contributed by atoms with Crippen LogP contribution < -0.4 is 4.74 Å². The largest absolute Gasteiger partial charge is 0.494 e. The Balaban J connectivity index is 2.60. The van der Waals surface area contributed by atoms with Crippen LogP contribution in [-0.4, -0.2) is 24.5 Å². The molecule has 0 atom stereocenters. The van der Waals surface area contributed by atoms with E-state index in [1.807, 2.05) is 6.07 Å². The van der Waals surface area contributed by atoms with Crippen LogP contribution in [0.3, 0.4) is 0 Å². The quantitative estimate of drug-likeness (QED) is 0.458. The van der Waals surface area contributed by atoms with Crippen molar-refractivity contribution in [3.05, 3.63) is 29.8 Å². The summed E-state index contributed by atoms with van der Waals surface area (Å²) in [4.78, 5) is 11.4. The number of ether oxygens (including phenoxy) is 2. The molecule has 0 fully saturated rings. The van der Waals surface area contributed by atoms with Crippen molar-refractivity contribution in [3.8, 4) is 5.75 Å². The summed E-state index contributed by atoms with van der Waals surface area (Å²) in [5.41, 5.74) is 0.526. The Kier molecular flexibility index (Phi) is 5.93. The maximum Gasteiger partial charge on any atom is 0.338 e. The van der Waals surface area contributed by atoms with Gasteiger partial charge in [-0.3, -0.25) is 0 Å². The summed E-state index contributed by atoms with van der Waals surface area (Å²) >= 11 is 3.33. The minimum atomic E-state index is -0.312. The number of hydrogen-bond donors (Lipinski definition) is 0. The van der Waals surface area contributed by atoms with Crippen molar-refractivity contribution < 1.29 is 14.3 Å². The van der Waals surface area contributed by atoms with E-state index in [-0.39, 0.29) is 5.97 Å². The van der Waals surface area contributed by atoms with Crippen LogP contribution in [0.5, 0.6) is 5.75 Å². The predicted molar refractivity (Wildman–Crippen MR) is 66.3 cm³/mol. The van der Waals surface area contributed by atoms with Crippen LogP contribution in [0.25, 0.3) is 0 Å². The van der Waals surface area contributed by atoms with Crippen molar-refractivity contribution in [2.75, 3.05) is 18.5 Å². The molecule has 0 aromatic heterocycles. The number of carbonyl (C=O) groups is 1. The number of alkyl halides is 1. The number of benzene rings is 1. The zero-order chi connectivity index (χ0) is 11.8. The fourth-order valence-electron chi connectivity index (χ4n) is 1.17. The van der Waals surface area contributed by atoms with Gasteiger partial charge >= 0.3 is 5.97 Å². The molecular weight excluding hydrogens is 272 g/mol. The number of carbonyl (C=O) groups excluding carboxylic acids is 1. The Morgan fingerprint density at radius 1 is 1.44 bits per heavy atom. The number of halogens is 1. The van der Waals surface area contributed by atoms with E-state index >= 15 is 0 Å². The third-order valence-electron chi connectivity index (χ3n) is 1.89. The van der Waals surface area contributed by atoms with E-state index in [2.05, 4.69) is 15.9 Å². The van der Waals surface area contributed by atoms with Gasteiger partial charge in [0.05, 0.1) is 18.8 Å². The van der Waals surface area contributed by atoms with Crippen molar-refractivity contribution in [2.45, 2.75) is 13.3 Å². The fraction of sp³-hybridized carbons (Fsp3) is 0.417. The third kappa shape index (κ3) is 4.23. The van der Waals surface area contributed by atoms with E-state index in [0.29, 0.717) is 24.5 Å². The van der Waals surface area contributed by atoms with Gasteiger partial charge in [0.2, 0.25) is 0 Å². The van der Waals surface area contributed by atoms with Crippen molar-refractivity contribution >= 4 is 21.9 Å². The van der Waals surface area contributed by atoms with Crippen molar-refractivity contribution in [2.24, 2.45) is 0 Å². The van der Waals surface area contributed by atoms with Gasteiger partial charge in [0.15, 0.2) is 0 Å². The van der Waals surface area contributed by atoms with Gasteiger partial charge in [-0.25, -0.2) is 4.79 Å². The highest BCUT2D eigenvalue weighted by Gasteiger charge is 2.06. The summed E-state index contributed by atoms with van der Waals surface area (Å²) < 4.78 is 10.4. The average Bonchev–Trinajstić information content (AvgIpc) is 2.30. The van der Waals surface area contributed by atoms with E-state index in [0.717, 1.165) is 11.8 Å². The molecule has 0 spiro atoms. The summed E-state index contributed by atoms with van der Waals surface area (Å²) in [6, 6.07) is 7.04. The summed E-state index contributed by atoms with van der Waals surface area (Å²) in [5, 5.41) is 0.907. The van der Waals surface area contributed by atoms with Crippen LogP contribution in [0.1, 0.15) is 23.7 Å². The maximum atomic E-state index is 11.4. The molecule has 16 heavy (non-hydrogen) atoms. The van der Waals surface area contributed by atoms with Gasteiger partial charge in [-0.15, -0.1) is 0 Å². The molecule has 1 aromatic rings. The Bertz CT molecular complexity index is 339. The summed E-state index contributed by atoms with van der Waals surface area (Å²) in [6.07, 6.45) is 0.934. The minimum Gasteiger partial charge on any atom is -0.494 e. The van der Waals surface area contributed by atoms with Crippen molar-refractivity contribution in [1.29, 1.82) is 0 Å². The van der Waals surface area contributed by atoms with Gasteiger partial charge in [-0.2, -0.15) is 0 Å². The highest BCUT2D eigenvalue weighted by atomic mass is 79.9. The first-order valence-corrected chi connectivity index (χ1v) is 6.36. The molecule has 0 aliphatic carbocycles. The van der Waals surface area contributed by atoms with Gasteiger partial charge < -0.3 is 9.47 Å². The first-order chi connectivity index (χ1) is 7.77. The zero-order valence-corrected chi connectivity index (χ0v) is 10.8. The maximum absolute atomic E-state index is 11.4. The summed E-state index contributed by atoms with van der Waals surface area (Å²) in [6.45, 7) is 2.80. The molecule has 0 aliphatic rings. The molecule has 0 amide bonds. The second-order valence-corrected chi connectivity index (χ2v) is 3.93. The number of rotatable bonds is 6. The molecule has 0 aliphatic heterocycles. The Hall–Kier alpha value is -1.03. The molecule has 0 bridgehead atoms. The SMILES string of the molecule is CCOC(=O)c1cccc(OCCCBr)c1. The van der Waals surface area contributed by atoms with Crippen LogP contribution in [0.2, 0.25) is 0 Å². The molecule has 0 unspecified atom stereocenters. The van der Waals surface area contributed by atoms with Crippen molar-refractivity contribution in [1.82, 2.24) is 0 Å². The highest BCUT2D eigenvalue weighted by molar-refractivity contribution is 9.09. The predicted octanol–water partition coefficient (Wildman–Crippen LogP) is 3.03. The van der Waals surface area contributed by atoms with Crippen LogP contribution in [0.15, 0.2) is 24.3 Å². The standard InChI is InChI=1S/C12H15BrO3/c1-2-15-12(14)10-5-3-6-11(9-10)16-8-4-7-13/h3,5-6,9H,2,4,7-8H2,1H3. The van der Waals surface area contributed by atoms with Crippen LogP contribution in [-0.2, 0) is 4.74 Å². The molecule has 0 saturated carbocycles. The first kappa shape index (κ1) is 13.0. The molecule has 4 heteroatoms. The van der Waals surface area contributed by atoms with E-state index < -0.39 is 0 Å². The lowest BCUT2D eigenvalue weighted by atomic mass is 10.2. The smallest absolute Gasteiger partial charge is 0.338 e. The van der Waals surface area contributed by atoms with E-state index in [9.17, 15) is 4.79 Å². The van der Waals surface area contributed by atoms with E-state index in [1.54, 1.807) is 25.1 Å². The lowest BCUT2D eigenvalue weighted by molar-refractivity contribution is 0.0526. The zero-order valence-electron chi connectivity index (χ0n) is 9.24. The van der Waals surface area contributed by atoms with Gasteiger partial charge in [0.1, 0.15) is 5.75 Å². The first-order valence-electron chi connectivity index (χ1n) is 5.24. The highest BCUT2D eigenvalue weighted by Crippen LogP contribution is 2.14. The molecule has 88 valence electrons. The second-order valence-electron chi connectivity index (χ2n) is 3.14. The van der Waals surface area contributed by atoms with Gasteiger partial charge in [-0.05, 0) is 31.5 Å². The molecule has 0 radical (unpaired) electrons. The lowest BCUT2D eigenvalue weighted by Gasteiger charge is -2.06. The molecule has 0 heterocycles. The fourth-order valence-corrected chi connectivity index (χ4v) is 1.40. The normalized spacial score (nSPS) is 9.88. The summed E-state index contributed by atoms with van der Waals surface area (Å²) in [7, 11) is 0. The lowest BCUT2D eigenvalue weighted by Crippen LogP contribution is -2.05. The van der Waals surface area contributed by atoms with Gasteiger partial charge in [0, 0.05) is 5.33 Å². The number of hydrogen-bond acceptors (Lipinski definition) is 3. The average molecular weight is 287 g/mol. The second kappa shape index (κ2) is 7.28. The topological polar surface area (TPSA) is 35.5 Å². The van der Waals surface area contributed by atoms with Crippen molar-refractivity contribution in [3.63, 3.8) is 0 Å². The Morgan fingerprint density at radius 3 is 2.94 bits per heavy atom. The molecular formula is C12H15BrO3. The number of esters is 1. The molecule has 1 aromatic carbocycles. The monoisotopic (exact) mass is 286 g/mol. The Labute approximate surface area is 104 Å². The molecule has 0 N–H and O–H groups in total.